The fourth-order valence-corrected chi connectivity index (χ4v) is 3.83. The molecule has 9 nitrogen and oxygen atoms in total. The van der Waals surface area contributed by atoms with Crippen LogP contribution in [-0.2, 0) is 31.5 Å². The van der Waals surface area contributed by atoms with Gasteiger partial charge in [-0.1, -0.05) is 24.3 Å². The predicted molar refractivity (Wildman–Crippen MR) is 77.4 cm³/mol. The zero-order valence-electron chi connectivity index (χ0n) is 12.0. The predicted octanol–water partition coefficient (Wildman–Crippen LogP) is -2.55. The number of aliphatic carboxylic acids is 1. The first-order valence-electron chi connectivity index (χ1n) is 6.40. The van der Waals surface area contributed by atoms with E-state index in [4.69, 9.17) is 9.11 Å². The monoisotopic (exact) mass is 367 g/mol. The normalized spacial score (nSPS) is 13.9. The van der Waals surface area contributed by atoms with Gasteiger partial charge >= 0.3 is 0 Å². The Kier molecular flexibility index (Phi) is 6.25. The Labute approximate surface area is 133 Å². The van der Waals surface area contributed by atoms with Crippen molar-refractivity contribution in [2.45, 2.75) is 18.4 Å². The summed E-state index contributed by atoms with van der Waals surface area (Å²) in [6.45, 7) is 0. The van der Waals surface area contributed by atoms with Gasteiger partial charge in [-0.05, 0) is 11.1 Å². The standard InChI is InChI=1S/C12H17NO8S2/c13-11(12(14)15)5-8-1-3-9(4-2-8)10(6-22(16,17)18)7-23(19,20)21/h1-4,10-11H,5-7,13H2,(H,14,15)(H,16,17,18)(H,19,20,21). The van der Waals surface area contributed by atoms with E-state index in [0.29, 0.717) is 5.56 Å². The molecule has 0 aliphatic heterocycles. The highest BCUT2D eigenvalue weighted by molar-refractivity contribution is 7.86. The summed E-state index contributed by atoms with van der Waals surface area (Å²) in [5, 5.41) is 10.6. The van der Waals surface area contributed by atoms with Crippen molar-refractivity contribution >= 4 is 26.2 Å². The molecule has 0 amide bonds. The van der Waals surface area contributed by atoms with Gasteiger partial charge in [0, 0.05) is 12.3 Å². The van der Waals surface area contributed by atoms with Gasteiger partial charge in [0.1, 0.15) is 6.04 Å². The van der Waals surface area contributed by atoms with Gasteiger partial charge in [-0.3, -0.25) is 9.11 Å². The molecule has 0 radical (unpaired) electrons. The van der Waals surface area contributed by atoms with Crippen molar-refractivity contribution in [1.29, 1.82) is 0 Å². The lowest BCUT2D eigenvalue weighted by atomic mass is 9.99. The minimum Gasteiger partial charge on any atom is -0.544 e. The van der Waals surface area contributed by atoms with Crippen molar-refractivity contribution in [3.63, 3.8) is 0 Å². The van der Waals surface area contributed by atoms with E-state index >= 15 is 0 Å². The number of carboxylic acids is 1. The van der Waals surface area contributed by atoms with Gasteiger partial charge in [0.25, 0.3) is 20.2 Å². The Morgan fingerprint density at radius 2 is 1.48 bits per heavy atom. The van der Waals surface area contributed by atoms with Crippen molar-refractivity contribution in [1.82, 2.24) is 0 Å². The van der Waals surface area contributed by atoms with Crippen LogP contribution in [0, 0.1) is 0 Å². The molecule has 11 heteroatoms. The second-order valence-corrected chi connectivity index (χ2v) is 8.15. The number of carboxylic acid groups (broad SMARTS) is 1. The molecule has 0 saturated heterocycles. The smallest absolute Gasteiger partial charge is 0.265 e. The van der Waals surface area contributed by atoms with Gasteiger partial charge in [-0.15, -0.1) is 0 Å². The summed E-state index contributed by atoms with van der Waals surface area (Å²) in [6, 6.07) is 4.80. The number of quaternary nitrogens is 1. The van der Waals surface area contributed by atoms with E-state index in [9.17, 15) is 26.7 Å². The van der Waals surface area contributed by atoms with E-state index < -0.39 is 49.7 Å². The number of hydrogen-bond donors (Lipinski definition) is 3. The van der Waals surface area contributed by atoms with Crippen molar-refractivity contribution in [3.05, 3.63) is 35.4 Å². The summed E-state index contributed by atoms with van der Waals surface area (Å²) in [7, 11) is -8.91. The van der Waals surface area contributed by atoms with Crippen LogP contribution in [-0.4, -0.2) is 49.5 Å². The summed E-state index contributed by atoms with van der Waals surface area (Å²) in [4.78, 5) is 10.6. The van der Waals surface area contributed by atoms with E-state index in [0.717, 1.165) is 0 Å². The molecule has 1 aromatic rings. The van der Waals surface area contributed by atoms with E-state index in [1.54, 1.807) is 0 Å². The summed E-state index contributed by atoms with van der Waals surface area (Å²) < 4.78 is 61.7. The molecule has 0 heterocycles. The van der Waals surface area contributed by atoms with Crippen molar-refractivity contribution in [3.8, 4) is 0 Å². The quantitative estimate of drug-likeness (QED) is 0.420. The lowest BCUT2D eigenvalue weighted by Crippen LogP contribution is -2.69. The number of rotatable bonds is 8. The maximum Gasteiger partial charge on any atom is 0.265 e. The van der Waals surface area contributed by atoms with Crippen molar-refractivity contribution in [2.24, 2.45) is 0 Å². The minimum atomic E-state index is -4.46. The lowest BCUT2D eigenvalue weighted by molar-refractivity contribution is -0.437. The van der Waals surface area contributed by atoms with Crippen LogP contribution in [0.15, 0.2) is 24.3 Å². The first-order valence-corrected chi connectivity index (χ1v) is 9.62. The molecule has 0 fully saturated rings. The van der Waals surface area contributed by atoms with Crippen LogP contribution in [0.3, 0.4) is 0 Å². The number of hydrogen-bond acceptors (Lipinski definition) is 6. The largest absolute Gasteiger partial charge is 0.544 e. The Morgan fingerprint density at radius 3 is 1.83 bits per heavy atom. The van der Waals surface area contributed by atoms with E-state index in [1.807, 2.05) is 0 Å². The molecule has 0 aliphatic rings. The fraction of sp³-hybridized carbons (Fsp3) is 0.417. The van der Waals surface area contributed by atoms with Gasteiger partial charge in [0.05, 0.1) is 17.5 Å². The fourth-order valence-electron chi connectivity index (χ4n) is 2.04. The third-order valence-corrected chi connectivity index (χ3v) is 4.74. The van der Waals surface area contributed by atoms with Gasteiger partial charge in [0.2, 0.25) is 0 Å². The molecule has 1 aromatic carbocycles. The Hall–Kier alpha value is -1.53. The first-order chi connectivity index (χ1) is 10.4. The third kappa shape index (κ3) is 7.52. The number of carbonyl (C=O) groups is 1. The topological polar surface area (TPSA) is 177 Å². The average Bonchev–Trinajstić information content (AvgIpc) is 2.35. The van der Waals surface area contributed by atoms with Crippen LogP contribution in [0.1, 0.15) is 17.0 Å². The van der Waals surface area contributed by atoms with Crippen LogP contribution >= 0.6 is 0 Å². The molecular weight excluding hydrogens is 350 g/mol. The van der Waals surface area contributed by atoms with Crippen LogP contribution in [0.2, 0.25) is 0 Å². The maximum absolute atomic E-state index is 11.0. The highest BCUT2D eigenvalue weighted by Gasteiger charge is 2.24. The summed E-state index contributed by atoms with van der Waals surface area (Å²) >= 11 is 0. The van der Waals surface area contributed by atoms with Gasteiger partial charge in [-0.25, -0.2) is 0 Å². The van der Waals surface area contributed by atoms with E-state index in [-0.39, 0.29) is 12.0 Å². The van der Waals surface area contributed by atoms with Crippen molar-refractivity contribution < 1.29 is 41.6 Å². The van der Waals surface area contributed by atoms with Crippen LogP contribution in [0.25, 0.3) is 0 Å². The average molecular weight is 367 g/mol. The molecule has 130 valence electrons. The molecule has 0 spiro atoms. The second kappa shape index (κ2) is 7.36. The molecule has 5 N–H and O–H groups in total. The number of carbonyl (C=O) groups excluding carboxylic acids is 1. The molecule has 0 saturated carbocycles. The molecular formula is C12H17NO8S2. The molecule has 1 rings (SSSR count). The summed E-state index contributed by atoms with van der Waals surface area (Å²) in [6.07, 6.45) is 0.0872. The zero-order chi connectivity index (χ0) is 17.8. The second-order valence-electron chi connectivity index (χ2n) is 5.16. The minimum absolute atomic E-state index is 0.0872. The highest BCUT2D eigenvalue weighted by atomic mass is 32.2. The van der Waals surface area contributed by atoms with E-state index in [2.05, 4.69) is 5.73 Å². The molecule has 0 aliphatic carbocycles. The Bertz CT molecular complexity index is 721. The van der Waals surface area contributed by atoms with Crippen molar-refractivity contribution in [2.75, 3.05) is 11.5 Å². The SMILES string of the molecule is [NH3+]C(Cc1ccc(C(CS(=O)(=O)O)CS(=O)(=O)O)cc1)C(=O)[O-]. The molecule has 0 aromatic heterocycles. The van der Waals surface area contributed by atoms with Gasteiger partial charge in [-0.2, -0.15) is 16.8 Å². The summed E-state index contributed by atoms with van der Waals surface area (Å²) in [5.74, 6) is -4.22. The first kappa shape index (κ1) is 19.5. The number of benzene rings is 1. The van der Waals surface area contributed by atoms with Crippen LogP contribution in [0.4, 0.5) is 0 Å². The molecule has 0 bridgehead atoms. The molecule has 1 atom stereocenters. The van der Waals surface area contributed by atoms with Crippen LogP contribution in [0.5, 0.6) is 0 Å². The third-order valence-electron chi connectivity index (χ3n) is 3.09. The molecule has 23 heavy (non-hydrogen) atoms. The molecule has 1 unspecified atom stereocenters. The van der Waals surface area contributed by atoms with Gasteiger partial charge in [0.15, 0.2) is 0 Å². The maximum atomic E-state index is 11.0. The Balaban J connectivity index is 3.01. The van der Waals surface area contributed by atoms with E-state index in [1.165, 1.54) is 24.3 Å². The summed E-state index contributed by atoms with van der Waals surface area (Å²) in [5.41, 5.74) is 4.24. The van der Waals surface area contributed by atoms with Crippen LogP contribution < -0.4 is 10.8 Å². The Morgan fingerprint density at radius 1 is 1.04 bits per heavy atom. The lowest BCUT2D eigenvalue weighted by Gasteiger charge is -2.15. The van der Waals surface area contributed by atoms with Gasteiger partial charge < -0.3 is 15.6 Å². The highest BCUT2D eigenvalue weighted by Crippen LogP contribution is 2.20. The zero-order valence-corrected chi connectivity index (χ0v) is 13.6.